The lowest BCUT2D eigenvalue weighted by atomic mass is 9.81. The zero-order valence-electron chi connectivity index (χ0n) is 36.4. The Morgan fingerprint density at radius 3 is 2.68 bits per heavy atom. The lowest BCUT2D eigenvalue weighted by Gasteiger charge is -2.40. The predicted octanol–water partition coefficient (Wildman–Crippen LogP) is 7.33. The molecule has 0 bridgehead atoms. The van der Waals surface area contributed by atoms with Crippen LogP contribution >= 0.6 is 11.6 Å². The third-order valence-electron chi connectivity index (χ3n) is 13.7. The van der Waals surface area contributed by atoms with Gasteiger partial charge in [-0.3, -0.25) is 19.3 Å². The highest BCUT2D eigenvalue weighted by Crippen LogP contribution is 2.47. The van der Waals surface area contributed by atoms with Crippen molar-refractivity contribution in [2.24, 2.45) is 0 Å². The number of alkyl carbamates (subject to hydrolysis) is 1. The second-order valence-electron chi connectivity index (χ2n) is 17.3. The van der Waals surface area contributed by atoms with Gasteiger partial charge >= 0.3 is 12.1 Å². The molecule has 4 aliphatic heterocycles. The molecular formula is C50H44ClF2N5O8. The number of carbonyl (C=O) groups is 3. The number of amides is 2. The molecule has 6 heterocycles. The number of carbonyl (C=O) groups excluding carboxylic acids is 3. The standard InChI is InChI=1S/C50H44ClF2N5O8/c1-5-8-26-15-27-18-56-13-14-57(19-28(56)22-64-46(27)44(53)40(26)43-34(51)9-7-10-39(43)59)47(60)24(3)21-66-50(63)55-36-12-11-30-25(4)35(52)17-37-41(30)42(36)32-20-58-38(45(32)54-37)16-31-29(6-2)49(62)65-23-33(31)48(58)61/h7,9-10,15-17,28-29,36,59H,3,6,11-14,18-23H2,1-2,4H3,(H,55,63). The molecular weight excluding hydrogens is 872 g/mol. The van der Waals surface area contributed by atoms with E-state index < -0.39 is 48.2 Å². The quantitative estimate of drug-likeness (QED) is 0.0987. The van der Waals surface area contributed by atoms with Crippen LogP contribution in [-0.4, -0.2) is 81.3 Å². The molecule has 3 aromatic carbocycles. The van der Waals surface area contributed by atoms with E-state index in [-0.39, 0.29) is 71.1 Å². The first-order valence-electron chi connectivity index (χ1n) is 21.9. The number of piperazine rings is 1. The summed E-state index contributed by atoms with van der Waals surface area (Å²) in [5.41, 5.74) is 5.92. The van der Waals surface area contributed by atoms with Crippen molar-refractivity contribution in [2.75, 3.05) is 32.8 Å². The lowest BCUT2D eigenvalue weighted by Crippen LogP contribution is -2.56. The number of hydrogen-bond donors (Lipinski definition) is 2. The summed E-state index contributed by atoms with van der Waals surface area (Å²) < 4.78 is 50.6. The third-order valence-corrected chi connectivity index (χ3v) is 14.0. The molecule has 66 heavy (non-hydrogen) atoms. The van der Waals surface area contributed by atoms with Crippen LogP contribution < -0.4 is 15.6 Å². The first kappa shape index (κ1) is 43.1. The summed E-state index contributed by atoms with van der Waals surface area (Å²) in [5, 5.41) is 14.5. The van der Waals surface area contributed by atoms with Gasteiger partial charge in [0.1, 0.15) is 31.4 Å². The fourth-order valence-corrected chi connectivity index (χ4v) is 10.6. The third kappa shape index (κ3) is 6.96. The molecule has 16 heteroatoms. The minimum absolute atomic E-state index is 0.0262. The summed E-state index contributed by atoms with van der Waals surface area (Å²) in [6.45, 7) is 10.2. The minimum Gasteiger partial charge on any atom is -0.507 e. The summed E-state index contributed by atoms with van der Waals surface area (Å²) in [6, 6.07) is 8.58. The monoisotopic (exact) mass is 915 g/mol. The normalized spacial score (nSPS) is 19.2. The molecule has 2 N–H and O–H groups in total. The number of nitrogens with zero attached hydrogens (tertiary/aromatic N) is 4. The number of phenolic OH excluding ortho intramolecular Hbond substituents is 1. The Bertz CT molecular complexity index is 3100. The van der Waals surface area contributed by atoms with Crippen LogP contribution in [0.4, 0.5) is 13.6 Å². The number of aromatic hydroxyl groups is 1. The largest absolute Gasteiger partial charge is 0.507 e. The first-order chi connectivity index (χ1) is 31.8. The van der Waals surface area contributed by atoms with E-state index in [0.717, 1.165) is 5.56 Å². The topological polar surface area (TPSA) is 153 Å². The predicted molar refractivity (Wildman–Crippen MR) is 240 cm³/mol. The molecule has 0 saturated carbocycles. The average Bonchev–Trinajstić information content (AvgIpc) is 3.55. The number of benzene rings is 3. The van der Waals surface area contributed by atoms with Gasteiger partial charge in [0.25, 0.3) is 11.5 Å². The second kappa shape index (κ2) is 16.6. The zero-order valence-corrected chi connectivity index (χ0v) is 37.2. The number of cyclic esters (lactones) is 1. The number of hydrogen-bond acceptors (Lipinski definition) is 10. The first-order valence-corrected chi connectivity index (χ1v) is 22.3. The maximum Gasteiger partial charge on any atom is 0.407 e. The number of fused-ring (bicyclic) bond motifs is 7. The van der Waals surface area contributed by atoms with Crippen LogP contribution in [0, 0.1) is 30.4 Å². The van der Waals surface area contributed by atoms with Crippen molar-refractivity contribution in [3.63, 3.8) is 0 Å². The Morgan fingerprint density at radius 2 is 1.91 bits per heavy atom. The SMILES string of the molecule is C=C(COC(=O)NC1CCc2c(C)c(F)cc3nc4c(c1c23)Cn1c-4cc2c(c1=O)COC(=O)C2CC)C(=O)N1CCN2Cc3cc(C#CC)c(-c4c(O)cccc4Cl)c(F)c3OCC2C1. The van der Waals surface area contributed by atoms with Crippen LogP contribution in [0.2, 0.25) is 5.02 Å². The van der Waals surface area contributed by atoms with Gasteiger partial charge in [-0.05, 0) is 79.6 Å². The van der Waals surface area contributed by atoms with Crippen molar-refractivity contribution in [3.05, 3.63) is 120 Å². The van der Waals surface area contributed by atoms with E-state index in [9.17, 15) is 24.3 Å². The number of phenols is 1. The summed E-state index contributed by atoms with van der Waals surface area (Å²) in [6.07, 6.45) is 0.493. The van der Waals surface area contributed by atoms with Gasteiger partial charge in [-0.25, -0.2) is 18.6 Å². The maximum atomic E-state index is 16.5. The average molecular weight is 916 g/mol. The molecule has 3 atom stereocenters. The van der Waals surface area contributed by atoms with Crippen molar-refractivity contribution in [3.8, 4) is 45.9 Å². The summed E-state index contributed by atoms with van der Waals surface area (Å²) in [5.74, 6) is 3.10. The lowest BCUT2D eigenvalue weighted by molar-refractivity contribution is -0.148. The molecule has 2 aromatic heterocycles. The Hall–Kier alpha value is -6.76. The molecule has 1 fully saturated rings. The number of halogens is 3. The highest BCUT2D eigenvalue weighted by atomic mass is 35.5. The van der Waals surface area contributed by atoms with E-state index in [1.165, 1.54) is 12.1 Å². The number of pyridine rings is 2. The van der Waals surface area contributed by atoms with Crippen LogP contribution in [0.25, 0.3) is 33.4 Å². The van der Waals surface area contributed by atoms with Crippen LogP contribution in [0.5, 0.6) is 11.5 Å². The van der Waals surface area contributed by atoms with Gasteiger partial charge in [0.2, 0.25) is 0 Å². The summed E-state index contributed by atoms with van der Waals surface area (Å²) in [4.78, 5) is 62.7. The smallest absolute Gasteiger partial charge is 0.407 e. The van der Waals surface area contributed by atoms with Crippen molar-refractivity contribution < 1.29 is 42.5 Å². The van der Waals surface area contributed by atoms with Gasteiger partial charge < -0.3 is 34.1 Å². The van der Waals surface area contributed by atoms with Crippen LogP contribution in [0.3, 0.4) is 0 Å². The second-order valence-corrected chi connectivity index (χ2v) is 17.8. The number of aryl methyl sites for hydroxylation is 1. The molecule has 0 radical (unpaired) electrons. The highest BCUT2D eigenvalue weighted by Gasteiger charge is 2.39. The molecule has 338 valence electrons. The molecule has 2 amide bonds. The van der Waals surface area contributed by atoms with Crippen molar-refractivity contribution in [2.45, 2.75) is 77.7 Å². The summed E-state index contributed by atoms with van der Waals surface area (Å²) >= 11 is 6.45. The van der Waals surface area contributed by atoms with Gasteiger partial charge in [0.05, 0.1) is 52.0 Å². The van der Waals surface area contributed by atoms with Gasteiger partial charge in [0, 0.05) is 71.0 Å². The van der Waals surface area contributed by atoms with E-state index in [2.05, 4.69) is 28.6 Å². The number of esters is 1. The van der Waals surface area contributed by atoms with E-state index in [0.29, 0.717) is 100 Å². The van der Waals surface area contributed by atoms with E-state index >= 15 is 8.78 Å². The molecule has 13 nitrogen and oxygen atoms in total. The Kier molecular flexibility index (Phi) is 10.8. The van der Waals surface area contributed by atoms with E-state index in [4.69, 9.17) is 30.8 Å². The molecule has 0 spiro atoms. The molecule has 5 aromatic rings. The Labute approximate surface area is 382 Å². The molecule has 1 saturated heterocycles. The van der Waals surface area contributed by atoms with Crippen molar-refractivity contribution in [1.29, 1.82) is 0 Å². The van der Waals surface area contributed by atoms with E-state index in [1.54, 1.807) is 41.5 Å². The van der Waals surface area contributed by atoms with Gasteiger partial charge in [-0.15, -0.1) is 5.92 Å². The molecule has 10 rings (SSSR count). The molecule has 1 aliphatic carbocycles. The van der Waals surface area contributed by atoms with Crippen molar-refractivity contribution >= 4 is 40.5 Å². The fourth-order valence-electron chi connectivity index (χ4n) is 10.4. The number of nitrogens with one attached hydrogen (secondary N) is 1. The number of rotatable bonds is 6. The number of aromatic nitrogens is 2. The van der Waals surface area contributed by atoms with Crippen LogP contribution in [0.1, 0.15) is 83.2 Å². The fraction of sp³-hybridized carbons (Fsp3) is 0.340. The van der Waals surface area contributed by atoms with Gasteiger partial charge in [0.15, 0.2) is 11.6 Å². The highest BCUT2D eigenvalue weighted by molar-refractivity contribution is 6.33. The summed E-state index contributed by atoms with van der Waals surface area (Å²) in [7, 11) is 0. The van der Waals surface area contributed by atoms with E-state index in [1.807, 2.05) is 13.0 Å². The zero-order chi connectivity index (χ0) is 46.3. The Balaban J connectivity index is 0.846. The molecule has 3 unspecified atom stereocenters. The number of ether oxygens (including phenoxy) is 3. The molecule has 5 aliphatic rings. The van der Waals surface area contributed by atoms with Gasteiger partial charge in [-0.2, -0.15) is 0 Å². The maximum absolute atomic E-state index is 16.5. The van der Waals surface area contributed by atoms with Crippen LogP contribution in [-0.2, 0) is 45.2 Å². The van der Waals surface area contributed by atoms with Gasteiger partial charge in [-0.1, -0.05) is 37.1 Å². The Morgan fingerprint density at radius 1 is 1.09 bits per heavy atom. The van der Waals surface area contributed by atoms with Crippen molar-refractivity contribution in [1.82, 2.24) is 24.7 Å². The minimum atomic E-state index is -0.794. The van der Waals surface area contributed by atoms with Crippen LogP contribution in [0.15, 0.2) is 53.3 Å².